The van der Waals surface area contributed by atoms with E-state index in [4.69, 9.17) is 18.9 Å². The number of aliphatic hydroxyl groups is 9. The first-order chi connectivity index (χ1) is 24.0. The van der Waals surface area contributed by atoms with Gasteiger partial charge in [0.05, 0.1) is 37.6 Å². The van der Waals surface area contributed by atoms with Gasteiger partial charge in [-0.3, -0.25) is 0 Å². The predicted molar refractivity (Wildman–Crippen MR) is 182 cm³/mol. The Morgan fingerprint density at radius 1 is 0.863 bits per heavy atom. The number of hydrogen-bond donors (Lipinski definition) is 9. The number of hydrogen-bond acceptors (Lipinski definition) is 13. The Labute approximate surface area is 301 Å². The zero-order chi connectivity index (χ0) is 37.2. The van der Waals surface area contributed by atoms with Gasteiger partial charge in [0.25, 0.3) is 0 Å². The first-order valence-electron chi connectivity index (χ1n) is 19.4. The smallest absolute Gasteiger partial charge is 0.187 e. The molecule has 13 heteroatoms. The molecule has 294 valence electrons. The minimum atomic E-state index is -1.58. The van der Waals surface area contributed by atoms with Crippen LogP contribution in [0.15, 0.2) is 11.6 Å². The molecule has 0 spiro atoms. The van der Waals surface area contributed by atoms with E-state index < -0.39 is 91.7 Å². The molecule has 6 aliphatic rings. The summed E-state index contributed by atoms with van der Waals surface area (Å²) in [5, 5.41) is 95.6. The second kappa shape index (κ2) is 15.4. The second-order valence-corrected chi connectivity index (χ2v) is 17.7. The molecule has 3 saturated carbocycles. The summed E-state index contributed by atoms with van der Waals surface area (Å²) in [6.07, 6.45) is -6.80. The Morgan fingerprint density at radius 3 is 2.25 bits per heavy atom. The van der Waals surface area contributed by atoms with Crippen molar-refractivity contribution < 1.29 is 64.9 Å². The van der Waals surface area contributed by atoms with E-state index in [-0.39, 0.29) is 48.0 Å². The van der Waals surface area contributed by atoms with Gasteiger partial charge in [-0.15, -0.1) is 0 Å². The lowest BCUT2D eigenvalue weighted by atomic mass is 9.46. The summed E-state index contributed by atoms with van der Waals surface area (Å²) in [6.45, 7) is 10.1. The molecule has 9 N–H and O–H groups in total. The van der Waals surface area contributed by atoms with Crippen molar-refractivity contribution in [3.8, 4) is 0 Å². The van der Waals surface area contributed by atoms with Crippen LogP contribution in [0.2, 0.25) is 0 Å². The Morgan fingerprint density at radius 2 is 1.57 bits per heavy atom. The molecule has 0 unspecified atom stereocenters. The van der Waals surface area contributed by atoms with E-state index in [1.807, 2.05) is 0 Å². The van der Waals surface area contributed by atoms with E-state index in [1.165, 1.54) is 0 Å². The fourth-order valence-corrected chi connectivity index (χ4v) is 11.4. The maximum absolute atomic E-state index is 11.6. The Bertz CT molecular complexity index is 1220. The Hall–Kier alpha value is -0.780. The highest BCUT2D eigenvalue weighted by molar-refractivity contribution is 5.28. The molecule has 2 aliphatic heterocycles. The van der Waals surface area contributed by atoms with Crippen molar-refractivity contribution in [1.82, 2.24) is 0 Å². The maximum atomic E-state index is 11.6. The van der Waals surface area contributed by atoms with Crippen LogP contribution in [0.25, 0.3) is 0 Å². The zero-order valence-electron chi connectivity index (χ0n) is 30.8. The van der Waals surface area contributed by atoms with Gasteiger partial charge in [-0.2, -0.15) is 0 Å². The third-order valence-corrected chi connectivity index (χ3v) is 14.4. The standard InChI is InChI=1S/C38H64O13/c1-17(2)6-9-24(41)18(3)29-26(49-35-33(46)30(43)25(42)16-48-35)14-23-21-8-7-19-12-20(40)13-28(38(19,5)22(21)10-11-37(23,29)4)51-36-34(47)32(45)31(44)27(15-39)50-36/h7,17-18,20-36,39-47H,6,8-16H2,1-5H3/t18-,20-,21-,22+,23+,24+,25-,26+,27-,28-,29+,30+,31-,32+,33-,34-,35+,36+,37+,38+/m1/s1. The van der Waals surface area contributed by atoms with Gasteiger partial charge in [0.2, 0.25) is 0 Å². The van der Waals surface area contributed by atoms with E-state index in [1.54, 1.807) is 0 Å². The zero-order valence-corrected chi connectivity index (χ0v) is 30.8. The van der Waals surface area contributed by atoms with Crippen LogP contribution >= 0.6 is 0 Å². The molecular weight excluding hydrogens is 664 g/mol. The lowest BCUT2D eigenvalue weighted by Crippen LogP contribution is -2.62. The van der Waals surface area contributed by atoms with Crippen molar-refractivity contribution in [3.05, 3.63) is 11.6 Å². The third-order valence-electron chi connectivity index (χ3n) is 14.4. The van der Waals surface area contributed by atoms with Crippen LogP contribution in [0.1, 0.15) is 86.0 Å². The van der Waals surface area contributed by atoms with E-state index in [9.17, 15) is 46.0 Å². The van der Waals surface area contributed by atoms with Crippen molar-refractivity contribution in [1.29, 1.82) is 0 Å². The number of allylic oxidation sites excluding steroid dienone is 1. The third kappa shape index (κ3) is 7.11. The maximum Gasteiger partial charge on any atom is 0.187 e. The summed E-state index contributed by atoms with van der Waals surface area (Å²) >= 11 is 0. The SMILES string of the molecule is CC(C)CC[C@H](O)[C@@H](C)[C@H]1[C@@H](O[C@@H]2OC[C@@H](O)[C@H](O)[C@H]2O)C[C@H]2[C@@H]3CC=C4C[C@@H](O)C[C@@H](O[C@@H]5O[C@H](CO)[C@@H](O)[C@H](O)[C@H]5O)[C@]4(C)[C@H]3CC[C@]12C. The van der Waals surface area contributed by atoms with Crippen molar-refractivity contribution in [2.75, 3.05) is 13.2 Å². The van der Waals surface area contributed by atoms with Gasteiger partial charge >= 0.3 is 0 Å². The van der Waals surface area contributed by atoms with Crippen LogP contribution in [-0.4, -0.2) is 139 Å². The van der Waals surface area contributed by atoms with Crippen molar-refractivity contribution in [2.24, 2.45) is 46.3 Å². The van der Waals surface area contributed by atoms with Gasteiger partial charge in [-0.25, -0.2) is 0 Å². The monoisotopic (exact) mass is 728 g/mol. The quantitative estimate of drug-likeness (QED) is 0.141. The average molecular weight is 729 g/mol. The highest BCUT2D eigenvalue weighted by Crippen LogP contribution is 2.68. The van der Waals surface area contributed by atoms with Crippen molar-refractivity contribution in [2.45, 2.75) is 166 Å². The number of fused-ring (bicyclic) bond motifs is 5. The molecule has 0 aromatic carbocycles. The molecule has 0 bridgehead atoms. The van der Waals surface area contributed by atoms with Gasteiger partial charge in [0.15, 0.2) is 12.6 Å². The van der Waals surface area contributed by atoms with Gasteiger partial charge in [0, 0.05) is 11.8 Å². The molecule has 13 nitrogen and oxygen atoms in total. The van der Waals surface area contributed by atoms with E-state index in [0.717, 1.165) is 31.3 Å². The Balaban J connectivity index is 1.30. The van der Waals surface area contributed by atoms with E-state index in [2.05, 4.69) is 40.7 Å². The molecule has 2 heterocycles. The minimum Gasteiger partial charge on any atom is -0.394 e. The normalized spacial score (nSPS) is 51.3. The van der Waals surface area contributed by atoms with Crippen LogP contribution in [-0.2, 0) is 18.9 Å². The molecular formula is C38H64O13. The summed E-state index contributed by atoms with van der Waals surface area (Å²) in [6, 6.07) is 0. The predicted octanol–water partition coefficient (Wildman–Crippen LogP) is 0.589. The van der Waals surface area contributed by atoms with Crippen molar-refractivity contribution >= 4 is 0 Å². The highest BCUT2D eigenvalue weighted by atomic mass is 16.7. The van der Waals surface area contributed by atoms with Gasteiger partial charge in [-0.1, -0.05) is 46.3 Å². The van der Waals surface area contributed by atoms with E-state index >= 15 is 0 Å². The summed E-state index contributed by atoms with van der Waals surface area (Å²) in [5.41, 5.74) is 0.291. The fraction of sp³-hybridized carbons (Fsp3) is 0.947. The first kappa shape index (κ1) is 39.9. The second-order valence-electron chi connectivity index (χ2n) is 17.7. The molecule has 0 radical (unpaired) electrons. The van der Waals surface area contributed by atoms with Crippen LogP contribution < -0.4 is 0 Å². The number of rotatable bonds is 10. The lowest BCUT2D eigenvalue weighted by molar-refractivity contribution is -0.324. The first-order valence-corrected chi connectivity index (χ1v) is 19.4. The summed E-state index contributed by atoms with van der Waals surface area (Å²) in [5.74, 6) is 0.668. The molecule has 20 atom stereocenters. The molecule has 51 heavy (non-hydrogen) atoms. The van der Waals surface area contributed by atoms with E-state index in [0.29, 0.717) is 25.2 Å². The van der Waals surface area contributed by atoms with Crippen LogP contribution in [0.5, 0.6) is 0 Å². The summed E-state index contributed by atoms with van der Waals surface area (Å²) in [4.78, 5) is 0. The van der Waals surface area contributed by atoms with Crippen molar-refractivity contribution in [3.63, 3.8) is 0 Å². The molecule has 0 amide bonds. The Kier molecular flexibility index (Phi) is 12.0. The fourth-order valence-electron chi connectivity index (χ4n) is 11.4. The number of ether oxygens (including phenoxy) is 4. The van der Waals surface area contributed by atoms with Gasteiger partial charge < -0.3 is 64.9 Å². The van der Waals surface area contributed by atoms with Gasteiger partial charge in [-0.05, 0) is 85.9 Å². The summed E-state index contributed by atoms with van der Waals surface area (Å²) < 4.78 is 24.6. The highest BCUT2D eigenvalue weighted by Gasteiger charge is 2.65. The minimum absolute atomic E-state index is 0.0853. The topological polar surface area (TPSA) is 219 Å². The molecule has 0 aromatic rings. The molecule has 2 saturated heterocycles. The molecule has 4 aliphatic carbocycles. The van der Waals surface area contributed by atoms with Crippen LogP contribution in [0, 0.1) is 46.3 Å². The van der Waals surface area contributed by atoms with Gasteiger partial charge in [0.1, 0.15) is 42.7 Å². The van der Waals surface area contributed by atoms with Crippen LogP contribution in [0.4, 0.5) is 0 Å². The average Bonchev–Trinajstić information content (AvgIpc) is 3.39. The lowest BCUT2D eigenvalue weighted by Gasteiger charge is -2.60. The molecule has 6 rings (SSSR count). The molecule has 0 aromatic heterocycles. The molecule has 5 fully saturated rings. The van der Waals surface area contributed by atoms with Crippen LogP contribution in [0.3, 0.4) is 0 Å². The number of aliphatic hydroxyl groups excluding tert-OH is 9. The summed E-state index contributed by atoms with van der Waals surface area (Å²) in [7, 11) is 0. The largest absolute Gasteiger partial charge is 0.394 e.